The minimum Gasteiger partial charge on any atom is -0.376 e. The minimum absolute atomic E-state index is 0.0531. The van der Waals surface area contributed by atoms with E-state index in [1.165, 1.54) is 0 Å². The van der Waals surface area contributed by atoms with Crippen LogP contribution >= 0.6 is 0 Å². The molecule has 5 nitrogen and oxygen atoms in total. The molecular formula is C19H23N3O2. The van der Waals surface area contributed by atoms with Crippen molar-refractivity contribution in [3.8, 4) is 0 Å². The molecule has 2 aromatic carbocycles. The standard InChI is InChI=1S/C19H23N3O2/c1-4-18(23)22-17-11-16(9-8-14(17)3)21-19(24)12-20-15-7-5-6-13(2)10-15/h5-11,20H,4,12H2,1-3H3,(H,21,24)(H,22,23). The Kier molecular flexibility index (Phi) is 5.95. The summed E-state index contributed by atoms with van der Waals surface area (Å²) < 4.78 is 0. The number of aryl methyl sites for hydroxylation is 2. The SMILES string of the molecule is CCC(=O)Nc1cc(NC(=O)CNc2cccc(C)c2)ccc1C. The number of carbonyl (C=O) groups is 2. The molecule has 0 heterocycles. The van der Waals surface area contributed by atoms with E-state index in [2.05, 4.69) is 16.0 Å². The van der Waals surface area contributed by atoms with Gasteiger partial charge in [0.05, 0.1) is 6.54 Å². The van der Waals surface area contributed by atoms with Crippen LogP contribution in [-0.4, -0.2) is 18.4 Å². The van der Waals surface area contributed by atoms with Crippen LogP contribution in [0.1, 0.15) is 24.5 Å². The molecule has 0 radical (unpaired) electrons. The van der Waals surface area contributed by atoms with Gasteiger partial charge < -0.3 is 16.0 Å². The Bertz CT molecular complexity index is 741. The van der Waals surface area contributed by atoms with Gasteiger partial charge in [-0.25, -0.2) is 0 Å². The second kappa shape index (κ2) is 8.15. The molecule has 0 saturated heterocycles. The Balaban J connectivity index is 1.96. The van der Waals surface area contributed by atoms with Crippen molar-refractivity contribution < 1.29 is 9.59 Å². The summed E-state index contributed by atoms with van der Waals surface area (Å²) in [4.78, 5) is 23.6. The number of benzene rings is 2. The summed E-state index contributed by atoms with van der Waals surface area (Å²) in [6.07, 6.45) is 0.413. The van der Waals surface area contributed by atoms with Gasteiger partial charge in [-0.3, -0.25) is 9.59 Å². The Morgan fingerprint density at radius 1 is 0.917 bits per heavy atom. The van der Waals surface area contributed by atoms with Crippen molar-refractivity contribution in [2.24, 2.45) is 0 Å². The van der Waals surface area contributed by atoms with Gasteiger partial charge in [-0.1, -0.05) is 25.1 Å². The van der Waals surface area contributed by atoms with Crippen molar-refractivity contribution in [1.29, 1.82) is 0 Å². The number of anilines is 3. The van der Waals surface area contributed by atoms with Gasteiger partial charge in [-0.05, 0) is 49.2 Å². The first-order chi connectivity index (χ1) is 11.5. The third kappa shape index (κ3) is 5.12. The molecule has 0 saturated carbocycles. The summed E-state index contributed by atoms with van der Waals surface area (Å²) >= 11 is 0. The number of rotatable bonds is 6. The monoisotopic (exact) mass is 325 g/mol. The number of hydrogen-bond donors (Lipinski definition) is 3. The van der Waals surface area contributed by atoms with Crippen molar-refractivity contribution >= 4 is 28.9 Å². The van der Waals surface area contributed by atoms with E-state index < -0.39 is 0 Å². The van der Waals surface area contributed by atoms with Crippen LogP contribution in [0.15, 0.2) is 42.5 Å². The topological polar surface area (TPSA) is 70.2 Å². The normalized spacial score (nSPS) is 10.1. The third-order valence-electron chi connectivity index (χ3n) is 3.59. The van der Waals surface area contributed by atoms with Crippen LogP contribution in [0.2, 0.25) is 0 Å². The van der Waals surface area contributed by atoms with Crippen LogP contribution in [0.4, 0.5) is 17.1 Å². The Morgan fingerprint density at radius 3 is 2.42 bits per heavy atom. The lowest BCUT2D eigenvalue weighted by atomic mass is 10.1. The quantitative estimate of drug-likeness (QED) is 0.758. The zero-order valence-electron chi connectivity index (χ0n) is 14.3. The minimum atomic E-state index is -0.145. The van der Waals surface area contributed by atoms with Gasteiger partial charge in [0, 0.05) is 23.5 Å². The van der Waals surface area contributed by atoms with Gasteiger partial charge in [0.15, 0.2) is 0 Å². The van der Waals surface area contributed by atoms with Gasteiger partial charge in [-0.15, -0.1) is 0 Å². The number of nitrogens with one attached hydrogen (secondary N) is 3. The second-order valence-electron chi connectivity index (χ2n) is 5.70. The highest BCUT2D eigenvalue weighted by Gasteiger charge is 2.07. The zero-order chi connectivity index (χ0) is 17.5. The lowest BCUT2D eigenvalue weighted by Crippen LogP contribution is -2.22. The van der Waals surface area contributed by atoms with E-state index in [0.717, 1.165) is 16.8 Å². The number of hydrogen-bond acceptors (Lipinski definition) is 3. The van der Waals surface area contributed by atoms with Crippen molar-refractivity contribution in [3.63, 3.8) is 0 Å². The van der Waals surface area contributed by atoms with E-state index in [4.69, 9.17) is 0 Å². The van der Waals surface area contributed by atoms with E-state index in [9.17, 15) is 9.59 Å². The highest BCUT2D eigenvalue weighted by Crippen LogP contribution is 2.20. The van der Waals surface area contributed by atoms with E-state index in [-0.39, 0.29) is 18.4 Å². The Labute approximate surface area is 142 Å². The first-order valence-corrected chi connectivity index (χ1v) is 7.99. The molecule has 5 heteroatoms. The van der Waals surface area contributed by atoms with Crippen molar-refractivity contribution in [2.75, 3.05) is 22.5 Å². The van der Waals surface area contributed by atoms with E-state index in [1.807, 2.05) is 50.2 Å². The average Bonchev–Trinajstić information content (AvgIpc) is 2.56. The van der Waals surface area contributed by atoms with Gasteiger partial charge in [0.2, 0.25) is 11.8 Å². The zero-order valence-corrected chi connectivity index (χ0v) is 14.3. The smallest absolute Gasteiger partial charge is 0.243 e. The molecule has 0 fully saturated rings. The van der Waals surface area contributed by atoms with Gasteiger partial charge >= 0.3 is 0 Å². The Morgan fingerprint density at radius 2 is 1.71 bits per heavy atom. The van der Waals surface area contributed by atoms with E-state index in [1.54, 1.807) is 13.0 Å². The van der Waals surface area contributed by atoms with Gasteiger partial charge in [0.25, 0.3) is 0 Å². The summed E-state index contributed by atoms with van der Waals surface area (Å²) in [6.45, 7) is 5.89. The first-order valence-electron chi connectivity index (χ1n) is 7.99. The summed E-state index contributed by atoms with van der Waals surface area (Å²) in [5.41, 5.74) is 4.36. The molecule has 3 N–H and O–H groups in total. The summed E-state index contributed by atoms with van der Waals surface area (Å²) in [5.74, 6) is -0.198. The summed E-state index contributed by atoms with van der Waals surface area (Å²) in [5, 5.41) is 8.76. The van der Waals surface area contributed by atoms with E-state index in [0.29, 0.717) is 17.8 Å². The second-order valence-corrected chi connectivity index (χ2v) is 5.70. The molecule has 0 aliphatic heterocycles. The van der Waals surface area contributed by atoms with Gasteiger partial charge in [-0.2, -0.15) is 0 Å². The van der Waals surface area contributed by atoms with Crippen LogP contribution in [0.3, 0.4) is 0 Å². The molecule has 0 bridgehead atoms. The fourth-order valence-corrected chi connectivity index (χ4v) is 2.22. The lowest BCUT2D eigenvalue weighted by Gasteiger charge is -2.12. The average molecular weight is 325 g/mol. The van der Waals surface area contributed by atoms with Crippen molar-refractivity contribution in [3.05, 3.63) is 53.6 Å². The molecule has 0 atom stereocenters. The maximum Gasteiger partial charge on any atom is 0.243 e. The van der Waals surface area contributed by atoms with Gasteiger partial charge in [0.1, 0.15) is 0 Å². The lowest BCUT2D eigenvalue weighted by molar-refractivity contribution is -0.116. The summed E-state index contributed by atoms with van der Waals surface area (Å²) in [6, 6.07) is 13.3. The van der Waals surface area contributed by atoms with Crippen LogP contribution in [0.25, 0.3) is 0 Å². The first kappa shape index (κ1) is 17.5. The maximum absolute atomic E-state index is 12.1. The maximum atomic E-state index is 12.1. The van der Waals surface area contributed by atoms with Crippen molar-refractivity contribution in [2.45, 2.75) is 27.2 Å². The molecule has 126 valence electrons. The fourth-order valence-electron chi connectivity index (χ4n) is 2.22. The van der Waals surface area contributed by atoms with Crippen molar-refractivity contribution in [1.82, 2.24) is 0 Å². The predicted molar refractivity (Wildman–Crippen MR) is 98.4 cm³/mol. The van der Waals surface area contributed by atoms with Crippen LogP contribution in [0.5, 0.6) is 0 Å². The number of carbonyl (C=O) groups excluding carboxylic acids is 2. The van der Waals surface area contributed by atoms with Crippen LogP contribution in [0, 0.1) is 13.8 Å². The molecule has 0 spiro atoms. The van der Waals surface area contributed by atoms with Crippen LogP contribution < -0.4 is 16.0 Å². The Hall–Kier alpha value is -2.82. The third-order valence-corrected chi connectivity index (χ3v) is 3.59. The van der Waals surface area contributed by atoms with E-state index >= 15 is 0 Å². The molecular weight excluding hydrogens is 302 g/mol. The molecule has 0 aromatic heterocycles. The molecule has 2 aromatic rings. The molecule has 2 amide bonds. The molecule has 0 unspecified atom stereocenters. The molecule has 0 aliphatic rings. The molecule has 0 aliphatic carbocycles. The predicted octanol–water partition coefficient (Wildman–Crippen LogP) is 3.70. The number of amides is 2. The van der Waals surface area contributed by atoms with Crippen LogP contribution in [-0.2, 0) is 9.59 Å². The molecule has 2 rings (SSSR count). The largest absolute Gasteiger partial charge is 0.376 e. The highest BCUT2D eigenvalue weighted by molar-refractivity contribution is 5.96. The fraction of sp³-hybridized carbons (Fsp3) is 0.263. The summed E-state index contributed by atoms with van der Waals surface area (Å²) in [7, 11) is 0. The highest BCUT2D eigenvalue weighted by atomic mass is 16.2. The molecule has 24 heavy (non-hydrogen) atoms.